The van der Waals surface area contributed by atoms with E-state index in [0.717, 1.165) is 38.9 Å². The second-order valence-electron chi connectivity index (χ2n) is 6.70. The summed E-state index contributed by atoms with van der Waals surface area (Å²) in [7, 11) is 0. The molecule has 0 aromatic heterocycles. The van der Waals surface area contributed by atoms with Gasteiger partial charge in [0.2, 0.25) is 5.91 Å². The van der Waals surface area contributed by atoms with E-state index in [1.165, 1.54) is 0 Å². The first-order chi connectivity index (χ1) is 9.81. The molecule has 1 aliphatic heterocycles. The summed E-state index contributed by atoms with van der Waals surface area (Å²) in [5, 5.41) is 8.49. The summed E-state index contributed by atoms with van der Waals surface area (Å²) in [4.78, 5) is 25.9. The Morgan fingerprint density at radius 1 is 1.23 bits per heavy atom. The molecule has 7 heteroatoms. The largest absolute Gasteiger partial charge is 0.333 e. The third-order valence-corrected chi connectivity index (χ3v) is 3.42. The van der Waals surface area contributed by atoms with Crippen molar-refractivity contribution < 1.29 is 9.59 Å². The van der Waals surface area contributed by atoms with E-state index in [2.05, 4.69) is 27.8 Å². The fourth-order valence-corrected chi connectivity index (χ4v) is 2.57. The van der Waals surface area contributed by atoms with Crippen LogP contribution >= 0.6 is 12.4 Å². The Bertz CT molecular complexity index is 352. The fraction of sp³-hybridized carbons (Fsp3) is 0.867. The zero-order valence-electron chi connectivity index (χ0n) is 14.2. The van der Waals surface area contributed by atoms with Gasteiger partial charge >= 0.3 is 6.03 Å². The summed E-state index contributed by atoms with van der Waals surface area (Å²) in [5.41, 5.74) is -0.345. The molecule has 0 bridgehead atoms. The second-order valence-corrected chi connectivity index (χ2v) is 6.70. The standard InChI is InChI=1S/C15H30N4O2.ClH/c1-5-10-19(12-6-8-16-9-7-12)11-13(20)17-14(21)18-15(2,3)4;/h12,16H,5-11H2,1-4H3,(H2,17,18,20,21);1H. The van der Waals surface area contributed by atoms with Crippen molar-refractivity contribution in [2.45, 2.75) is 58.5 Å². The molecule has 0 atom stereocenters. The number of carbonyl (C=O) groups excluding carboxylic acids is 2. The maximum Gasteiger partial charge on any atom is 0.321 e. The van der Waals surface area contributed by atoms with Gasteiger partial charge in [0, 0.05) is 11.6 Å². The number of nitrogens with zero attached hydrogens (tertiary/aromatic N) is 1. The normalized spacial score (nSPS) is 16.0. The van der Waals surface area contributed by atoms with Crippen LogP contribution in [0.25, 0.3) is 0 Å². The van der Waals surface area contributed by atoms with Gasteiger partial charge < -0.3 is 10.6 Å². The van der Waals surface area contributed by atoms with E-state index in [9.17, 15) is 9.59 Å². The SMILES string of the molecule is CCCN(CC(=O)NC(=O)NC(C)(C)C)C1CCNCC1.Cl. The van der Waals surface area contributed by atoms with Crippen LogP contribution in [0.2, 0.25) is 0 Å². The lowest BCUT2D eigenvalue weighted by Crippen LogP contribution is -2.52. The highest BCUT2D eigenvalue weighted by atomic mass is 35.5. The number of imide groups is 1. The lowest BCUT2D eigenvalue weighted by molar-refractivity contribution is -0.121. The van der Waals surface area contributed by atoms with Gasteiger partial charge in [0.25, 0.3) is 0 Å². The van der Waals surface area contributed by atoms with Crippen LogP contribution < -0.4 is 16.0 Å². The molecule has 0 spiro atoms. The Kier molecular flexibility index (Phi) is 9.64. The molecule has 3 amide bonds. The van der Waals surface area contributed by atoms with Crippen LogP contribution in [0.5, 0.6) is 0 Å². The molecule has 0 radical (unpaired) electrons. The van der Waals surface area contributed by atoms with Crippen molar-refractivity contribution in [3.8, 4) is 0 Å². The van der Waals surface area contributed by atoms with Gasteiger partial charge in [-0.2, -0.15) is 0 Å². The molecule has 1 aliphatic rings. The molecule has 1 fully saturated rings. The van der Waals surface area contributed by atoms with Gasteiger partial charge in [0.15, 0.2) is 0 Å². The number of hydrogen-bond donors (Lipinski definition) is 3. The van der Waals surface area contributed by atoms with Crippen LogP contribution in [-0.2, 0) is 4.79 Å². The number of halogens is 1. The van der Waals surface area contributed by atoms with Crippen molar-refractivity contribution >= 4 is 24.3 Å². The average Bonchev–Trinajstić information content (AvgIpc) is 2.36. The van der Waals surface area contributed by atoms with Crippen molar-refractivity contribution in [1.82, 2.24) is 20.9 Å². The molecule has 22 heavy (non-hydrogen) atoms. The maximum absolute atomic E-state index is 12.0. The zero-order chi connectivity index (χ0) is 15.9. The molecular formula is C15H31ClN4O2. The number of hydrogen-bond acceptors (Lipinski definition) is 4. The van der Waals surface area contributed by atoms with Crippen molar-refractivity contribution in [1.29, 1.82) is 0 Å². The molecule has 3 N–H and O–H groups in total. The minimum absolute atomic E-state index is 0. The molecule has 1 heterocycles. The van der Waals surface area contributed by atoms with E-state index in [-0.39, 0.29) is 30.4 Å². The van der Waals surface area contributed by atoms with Crippen molar-refractivity contribution in [2.24, 2.45) is 0 Å². The zero-order valence-corrected chi connectivity index (χ0v) is 15.0. The average molecular weight is 335 g/mol. The molecule has 0 aromatic rings. The summed E-state index contributed by atoms with van der Waals surface area (Å²) in [5.74, 6) is -0.233. The molecule has 130 valence electrons. The van der Waals surface area contributed by atoms with E-state index >= 15 is 0 Å². The minimum atomic E-state index is -0.422. The Morgan fingerprint density at radius 3 is 2.32 bits per heavy atom. The Hall–Kier alpha value is -0.850. The van der Waals surface area contributed by atoms with Crippen LogP contribution in [0.15, 0.2) is 0 Å². The first-order valence-electron chi connectivity index (χ1n) is 7.88. The van der Waals surface area contributed by atoms with Crippen LogP contribution in [0.1, 0.15) is 47.0 Å². The highest BCUT2D eigenvalue weighted by Gasteiger charge is 2.23. The van der Waals surface area contributed by atoms with Gasteiger partial charge in [-0.05, 0) is 59.7 Å². The summed E-state index contributed by atoms with van der Waals surface area (Å²) in [6, 6.07) is 0.0110. The summed E-state index contributed by atoms with van der Waals surface area (Å²) >= 11 is 0. The molecule has 0 unspecified atom stereocenters. The second kappa shape index (κ2) is 10.0. The first-order valence-corrected chi connectivity index (χ1v) is 7.88. The maximum atomic E-state index is 12.0. The topological polar surface area (TPSA) is 73.5 Å². The van der Waals surface area contributed by atoms with Gasteiger partial charge in [0.05, 0.1) is 6.54 Å². The number of nitrogens with one attached hydrogen (secondary N) is 3. The number of piperidine rings is 1. The van der Waals surface area contributed by atoms with E-state index in [1.54, 1.807) is 0 Å². The number of carbonyl (C=O) groups is 2. The third-order valence-electron chi connectivity index (χ3n) is 3.42. The predicted octanol–water partition coefficient (Wildman–Crippen LogP) is 1.50. The van der Waals surface area contributed by atoms with E-state index in [4.69, 9.17) is 0 Å². The predicted molar refractivity (Wildman–Crippen MR) is 91.4 cm³/mol. The molecule has 1 rings (SSSR count). The van der Waals surface area contributed by atoms with Gasteiger partial charge in [-0.1, -0.05) is 6.92 Å². The quantitative estimate of drug-likeness (QED) is 0.712. The molecule has 6 nitrogen and oxygen atoms in total. The summed E-state index contributed by atoms with van der Waals surface area (Å²) < 4.78 is 0. The highest BCUT2D eigenvalue weighted by Crippen LogP contribution is 2.12. The fourth-order valence-electron chi connectivity index (χ4n) is 2.57. The van der Waals surface area contributed by atoms with Gasteiger partial charge in [-0.25, -0.2) is 4.79 Å². The Morgan fingerprint density at radius 2 is 1.82 bits per heavy atom. The van der Waals surface area contributed by atoms with Gasteiger partial charge in [-0.3, -0.25) is 15.0 Å². The molecule has 1 saturated heterocycles. The van der Waals surface area contributed by atoms with Crippen molar-refractivity contribution in [2.75, 3.05) is 26.2 Å². The van der Waals surface area contributed by atoms with Gasteiger partial charge in [0.1, 0.15) is 0 Å². The van der Waals surface area contributed by atoms with Crippen LogP contribution in [-0.4, -0.2) is 54.6 Å². The number of urea groups is 1. The third kappa shape index (κ3) is 8.56. The Labute approximate surface area is 140 Å². The monoisotopic (exact) mass is 334 g/mol. The lowest BCUT2D eigenvalue weighted by atomic mass is 10.0. The minimum Gasteiger partial charge on any atom is -0.333 e. The molecule has 0 aromatic carbocycles. The molecule has 0 aliphatic carbocycles. The smallest absolute Gasteiger partial charge is 0.321 e. The van der Waals surface area contributed by atoms with Gasteiger partial charge in [-0.15, -0.1) is 12.4 Å². The highest BCUT2D eigenvalue weighted by molar-refractivity contribution is 5.95. The van der Waals surface area contributed by atoms with Crippen LogP contribution in [0, 0.1) is 0 Å². The lowest BCUT2D eigenvalue weighted by Gasteiger charge is -2.34. The van der Waals surface area contributed by atoms with E-state index < -0.39 is 6.03 Å². The number of amides is 3. The molecule has 0 saturated carbocycles. The summed E-state index contributed by atoms with van der Waals surface area (Å²) in [6.45, 7) is 10.9. The summed E-state index contributed by atoms with van der Waals surface area (Å²) in [6.07, 6.45) is 3.12. The number of rotatable bonds is 5. The van der Waals surface area contributed by atoms with E-state index in [1.807, 2.05) is 20.8 Å². The van der Waals surface area contributed by atoms with Crippen molar-refractivity contribution in [3.63, 3.8) is 0 Å². The van der Waals surface area contributed by atoms with Crippen LogP contribution in [0.4, 0.5) is 4.79 Å². The van der Waals surface area contributed by atoms with Crippen LogP contribution in [0.3, 0.4) is 0 Å². The first kappa shape index (κ1) is 21.1. The van der Waals surface area contributed by atoms with E-state index in [0.29, 0.717) is 6.04 Å². The van der Waals surface area contributed by atoms with Crippen molar-refractivity contribution in [3.05, 3.63) is 0 Å². The molecular weight excluding hydrogens is 304 g/mol. The Balaban J connectivity index is 0.00000441.